The summed E-state index contributed by atoms with van der Waals surface area (Å²) in [7, 11) is 1.41. The van der Waals surface area contributed by atoms with Crippen molar-refractivity contribution in [1.29, 1.82) is 0 Å². The number of methoxy groups -OCH3 is 1. The van der Waals surface area contributed by atoms with E-state index in [0.717, 1.165) is 57.3 Å². The van der Waals surface area contributed by atoms with Crippen LogP contribution < -0.4 is 14.9 Å². The molecule has 1 saturated heterocycles. The molecular weight excluding hydrogens is 410 g/mol. The molecule has 2 amide bonds. The van der Waals surface area contributed by atoms with Gasteiger partial charge in [-0.05, 0) is 62.1 Å². The van der Waals surface area contributed by atoms with Gasteiger partial charge in [0.2, 0.25) is 0 Å². The van der Waals surface area contributed by atoms with Crippen LogP contribution in [0.1, 0.15) is 49.7 Å². The first-order valence-electron chi connectivity index (χ1n) is 11.7. The molecule has 0 spiro atoms. The summed E-state index contributed by atoms with van der Waals surface area (Å²) < 4.78 is 4.55. The second-order valence-corrected chi connectivity index (χ2v) is 9.37. The van der Waals surface area contributed by atoms with E-state index in [1.54, 1.807) is 0 Å². The second kappa shape index (κ2) is 9.58. The van der Waals surface area contributed by atoms with Gasteiger partial charge in [0.25, 0.3) is 0 Å². The van der Waals surface area contributed by atoms with Crippen molar-refractivity contribution in [2.24, 2.45) is 5.92 Å². The molecule has 1 aliphatic carbocycles. The van der Waals surface area contributed by atoms with E-state index in [2.05, 4.69) is 5.32 Å². The van der Waals surface area contributed by atoms with Crippen molar-refractivity contribution in [3.05, 3.63) is 29.3 Å². The number of hydrogen-bond donors (Lipinski definition) is 1. The molecule has 2 heterocycles. The number of aliphatic carboxylic acids is 1. The number of carboxylic acids is 1. The van der Waals surface area contributed by atoms with Gasteiger partial charge in [-0.25, -0.2) is 9.28 Å². The van der Waals surface area contributed by atoms with Gasteiger partial charge in [0.15, 0.2) is 0 Å². The van der Waals surface area contributed by atoms with Crippen molar-refractivity contribution in [1.82, 2.24) is 14.7 Å². The number of carboxylic acid groups (broad SMARTS) is 1. The minimum atomic E-state index is -1.20. The molecule has 32 heavy (non-hydrogen) atoms. The molecular formula is C24H33N3O5. The summed E-state index contributed by atoms with van der Waals surface area (Å²) in [6, 6.07) is 5.97. The Morgan fingerprint density at radius 3 is 2.72 bits per heavy atom. The average Bonchev–Trinajstić information content (AvgIpc) is 3.13. The van der Waals surface area contributed by atoms with Crippen molar-refractivity contribution < 1.29 is 24.2 Å². The fourth-order valence-corrected chi connectivity index (χ4v) is 5.65. The van der Waals surface area contributed by atoms with Crippen LogP contribution in [0.15, 0.2) is 18.2 Å². The topological polar surface area (TPSA) is 98.8 Å². The Hall–Kier alpha value is -2.45. The molecule has 3 aliphatic rings. The lowest BCUT2D eigenvalue weighted by Crippen LogP contribution is -2.58. The molecule has 2 aliphatic heterocycles. The van der Waals surface area contributed by atoms with Crippen LogP contribution in [-0.4, -0.2) is 62.2 Å². The molecule has 0 aromatic heterocycles. The number of benzene rings is 1. The lowest BCUT2D eigenvalue weighted by molar-refractivity contribution is -0.305. The molecule has 2 fully saturated rings. The Kier molecular flexibility index (Phi) is 6.81. The van der Waals surface area contributed by atoms with Crippen LogP contribution in [0.25, 0.3) is 0 Å². The highest BCUT2D eigenvalue weighted by Crippen LogP contribution is 2.37. The minimum absolute atomic E-state index is 0.124. The fourth-order valence-electron chi connectivity index (χ4n) is 5.65. The molecule has 1 atom stereocenters. The Morgan fingerprint density at radius 1 is 1.22 bits per heavy atom. The monoisotopic (exact) mass is 443 g/mol. The number of amides is 2. The number of urea groups is 1. The highest BCUT2D eigenvalue weighted by atomic mass is 16.5. The lowest BCUT2D eigenvalue weighted by atomic mass is 9.83. The number of esters is 1. The van der Waals surface area contributed by atoms with Crippen LogP contribution in [-0.2, 0) is 27.3 Å². The fraction of sp³-hybridized carbons (Fsp3) is 0.625. The van der Waals surface area contributed by atoms with Crippen LogP contribution in [0, 0.1) is 5.92 Å². The van der Waals surface area contributed by atoms with Gasteiger partial charge in [-0.2, -0.15) is 0 Å². The summed E-state index contributed by atoms with van der Waals surface area (Å²) in [5.41, 5.74) is 3.16. The SMILES string of the molecule is COC(=O)CC[C@H]1CC[C@H](N2CC[N+](CC(=O)[O-])(c3ccc4c(c3)CCNC4)C2=O)CC1. The van der Waals surface area contributed by atoms with Gasteiger partial charge < -0.3 is 20.0 Å². The van der Waals surface area contributed by atoms with E-state index in [0.29, 0.717) is 25.4 Å². The number of carbonyl (C=O) groups excluding carboxylic acids is 3. The van der Waals surface area contributed by atoms with Gasteiger partial charge in [-0.1, -0.05) is 6.07 Å². The van der Waals surface area contributed by atoms with Gasteiger partial charge in [0, 0.05) is 31.1 Å². The van der Waals surface area contributed by atoms with Crippen LogP contribution in [0.4, 0.5) is 10.5 Å². The maximum Gasteiger partial charge on any atom is 0.425 e. The van der Waals surface area contributed by atoms with Crippen molar-refractivity contribution in [3.63, 3.8) is 0 Å². The third-order valence-corrected chi connectivity index (χ3v) is 7.55. The van der Waals surface area contributed by atoms with Crippen LogP contribution in [0.2, 0.25) is 0 Å². The maximum absolute atomic E-state index is 13.7. The van der Waals surface area contributed by atoms with Gasteiger partial charge in [0.1, 0.15) is 18.8 Å². The molecule has 0 bridgehead atoms. The van der Waals surface area contributed by atoms with Crippen molar-refractivity contribution in [3.8, 4) is 0 Å². The molecule has 1 unspecified atom stereocenters. The van der Waals surface area contributed by atoms with Crippen molar-refractivity contribution >= 4 is 23.7 Å². The van der Waals surface area contributed by atoms with Gasteiger partial charge >= 0.3 is 12.0 Å². The first kappa shape index (κ1) is 22.7. The number of rotatable bonds is 7. The molecule has 4 rings (SSSR count). The second-order valence-electron chi connectivity index (χ2n) is 9.37. The summed E-state index contributed by atoms with van der Waals surface area (Å²) >= 11 is 0. The van der Waals surface area contributed by atoms with Gasteiger partial charge in [-0.15, -0.1) is 0 Å². The maximum atomic E-state index is 13.7. The highest BCUT2D eigenvalue weighted by Gasteiger charge is 2.51. The first-order valence-corrected chi connectivity index (χ1v) is 11.7. The molecule has 1 N–H and O–H groups in total. The largest absolute Gasteiger partial charge is 0.544 e. The molecule has 8 heteroatoms. The molecule has 8 nitrogen and oxygen atoms in total. The zero-order valence-corrected chi connectivity index (χ0v) is 18.8. The van der Waals surface area contributed by atoms with E-state index in [9.17, 15) is 19.5 Å². The zero-order valence-electron chi connectivity index (χ0n) is 18.8. The van der Waals surface area contributed by atoms with Gasteiger partial charge in [-0.3, -0.25) is 9.69 Å². The Labute approximate surface area is 189 Å². The van der Waals surface area contributed by atoms with E-state index < -0.39 is 5.97 Å². The molecule has 1 aromatic carbocycles. The number of nitrogens with zero attached hydrogens (tertiary/aromatic N) is 2. The van der Waals surface area contributed by atoms with Crippen molar-refractivity contribution in [2.45, 2.75) is 57.5 Å². The smallest absolute Gasteiger partial charge is 0.425 e. The number of carbonyl (C=O) groups is 3. The van der Waals surface area contributed by atoms with Gasteiger partial charge in [0.05, 0.1) is 19.6 Å². The van der Waals surface area contributed by atoms with E-state index >= 15 is 0 Å². The van der Waals surface area contributed by atoms with Crippen molar-refractivity contribution in [2.75, 3.05) is 33.3 Å². The number of fused-ring (bicyclic) bond motifs is 1. The molecule has 0 radical (unpaired) electrons. The molecule has 1 aromatic rings. The Balaban J connectivity index is 1.48. The summed E-state index contributed by atoms with van der Waals surface area (Å²) in [4.78, 5) is 38.7. The quantitative estimate of drug-likeness (QED) is 0.504. The van der Waals surface area contributed by atoms with Crippen LogP contribution >= 0.6 is 0 Å². The lowest BCUT2D eigenvalue weighted by Gasteiger charge is -2.36. The van der Waals surface area contributed by atoms with E-state index in [1.165, 1.54) is 18.2 Å². The number of nitrogens with one attached hydrogen (secondary N) is 1. The zero-order chi connectivity index (χ0) is 22.7. The summed E-state index contributed by atoms with van der Waals surface area (Å²) in [6.45, 7) is 2.36. The van der Waals surface area contributed by atoms with E-state index in [4.69, 9.17) is 4.74 Å². The van der Waals surface area contributed by atoms with Crippen LogP contribution in [0.3, 0.4) is 0 Å². The summed E-state index contributed by atoms with van der Waals surface area (Å²) in [5, 5.41) is 15.0. The number of ether oxygens (including phenoxy) is 1. The third-order valence-electron chi connectivity index (χ3n) is 7.55. The molecule has 1 saturated carbocycles. The van der Waals surface area contributed by atoms with E-state index in [-0.39, 0.29) is 29.1 Å². The summed E-state index contributed by atoms with van der Waals surface area (Å²) in [6.07, 6.45) is 5.85. The third kappa shape index (κ3) is 4.52. The highest BCUT2D eigenvalue weighted by molar-refractivity contribution is 5.93. The Morgan fingerprint density at radius 2 is 2.00 bits per heavy atom. The first-order chi connectivity index (χ1) is 15.4. The summed E-state index contributed by atoms with van der Waals surface area (Å²) in [5.74, 6) is -0.905. The normalized spacial score (nSPS) is 27.8. The van der Waals surface area contributed by atoms with E-state index in [1.807, 2.05) is 23.1 Å². The Bertz CT molecular complexity index is 880. The minimum Gasteiger partial charge on any atom is -0.544 e. The predicted molar refractivity (Wildman–Crippen MR) is 117 cm³/mol. The number of quaternary nitrogens is 1. The number of hydrogen-bond acceptors (Lipinski definition) is 6. The average molecular weight is 444 g/mol. The molecule has 174 valence electrons. The standard InChI is InChI=1S/C24H33N3O5/c1-32-23(30)9-4-17-2-6-20(7-3-17)26-12-13-27(24(26)31,16-22(28)29)21-8-5-19-15-25-11-10-18(19)14-21/h5,8,14,17,20,25H,2-4,6-7,9-13,15-16H2,1H3/t17-,20-,27?. The predicted octanol–water partition coefficient (Wildman–Crippen LogP) is 1.34. The van der Waals surface area contributed by atoms with Crippen LogP contribution in [0.5, 0.6) is 0 Å².